The number of nitrogens with zero attached hydrogens (tertiary/aromatic N) is 4. The molecular weight excluding hydrogens is 276 g/mol. The summed E-state index contributed by atoms with van der Waals surface area (Å²) in [6, 6.07) is 11.9. The minimum absolute atomic E-state index is 0.0276. The molecule has 0 aliphatic carbocycles. The van der Waals surface area contributed by atoms with Gasteiger partial charge in [0.2, 0.25) is 0 Å². The van der Waals surface area contributed by atoms with Crippen molar-refractivity contribution in [1.82, 2.24) is 8.75 Å². The first-order valence-electron chi connectivity index (χ1n) is 5.74. The first-order chi connectivity index (χ1) is 9.75. The predicted octanol–water partition coefficient (Wildman–Crippen LogP) is 3.35. The molecule has 2 aromatic carbocycles. The molecule has 0 amide bonds. The van der Waals surface area contributed by atoms with E-state index in [1.807, 2.05) is 12.1 Å². The van der Waals surface area contributed by atoms with E-state index in [1.54, 1.807) is 24.3 Å². The molecule has 1 aromatic heterocycles. The Morgan fingerprint density at radius 1 is 1.15 bits per heavy atom. The van der Waals surface area contributed by atoms with Gasteiger partial charge in [-0.15, -0.1) is 0 Å². The summed E-state index contributed by atoms with van der Waals surface area (Å²) in [5.74, 6) is 0. The van der Waals surface area contributed by atoms with E-state index in [1.165, 1.54) is 12.3 Å². The van der Waals surface area contributed by atoms with Gasteiger partial charge in [0.25, 0.3) is 5.69 Å². The molecule has 0 bridgehead atoms. The number of nitro groups is 1. The van der Waals surface area contributed by atoms with Crippen LogP contribution in [0.5, 0.6) is 0 Å². The maximum absolute atomic E-state index is 10.9. The van der Waals surface area contributed by atoms with Crippen LogP contribution in [0.1, 0.15) is 5.56 Å². The van der Waals surface area contributed by atoms with Crippen LogP contribution in [-0.4, -0.2) is 19.9 Å². The Morgan fingerprint density at radius 3 is 2.85 bits per heavy atom. The van der Waals surface area contributed by atoms with E-state index < -0.39 is 4.92 Å². The number of benzene rings is 2. The van der Waals surface area contributed by atoms with Gasteiger partial charge < -0.3 is 0 Å². The highest BCUT2D eigenvalue weighted by atomic mass is 32.1. The molecule has 1 heterocycles. The Labute approximate surface area is 117 Å². The van der Waals surface area contributed by atoms with E-state index in [4.69, 9.17) is 0 Å². The minimum atomic E-state index is -0.424. The SMILES string of the molecule is O=[N+]([O-])c1ccccc1C=Nc1cccc2nsnc12. The van der Waals surface area contributed by atoms with E-state index in [9.17, 15) is 10.1 Å². The van der Waals surface area contributed by atoms with Crippen LogP contribution >= 0.6 is 11.7 Å². The van der Waals surface area contributed by atoms with E-state index in [-0.39, 0.29) is 5.69 Å². The van der Waals surface area contributed by atoms with E-state index in [2.05, 4.69) is 13.7 Å². The quantitative estimate of drug-likeness (QED) is 0.419. The fourth-order valence-electron chi connectivity index (χ4n) is 1.80. The summed E-state index contributed by atoms with van der Waals surface area (Å²) in [6.07, 6.45) is 1.48. The lowest BCUT2D eigenvalue weighted by atomic mass is 10.2. The molecule has 0 aliphatic heterocycles. The molecule has 20 heavy (non-hydrogen) atoms. The fourth-order valence-corrected chi connectivity index (χ4v) is 2.34. The van der Waals surface area contributed by atoms with Crippen molar-refractivity contribution in [2.75, 3.05) is 0 Å². The molecule has 3 rings (SSSR count). The minimum Gasteiger partial charge on any atom is -0.258 e. The van der Waals surface area contributed by atoms with Gasteiger partial charge in [-0.2, -0.15) is 8.75 Å². The molecule has 0 radical (unpaired) electrons. The Hall–Kier alpha value is -2.67. The summed E-state index contributed by atoms with van der Waals surface area (Å²) < 4.78 is 8.30. The van der Waals surface area contributed by atoms with Gasteiger partial charge in [-0.05, 0) is 18.2 Å². The number of hydrogen-bond acceptors (Lipinski definition) is 6. The van der Waals surface area contributed by atoms with Gasteiger partial charge in [-0.1, -0.05) is 18.2 Å². The van der Waals surface area contributed by atoms with Crippen LogP contribution in [0, 0.1) is 10.1 Å². The first kappa shape index (κ1) is 12.4. The van der Waals surface area contributed by atoms with Crippen molar-refractivity contribution in [2.45, 2.75) is 0 Å². The van der Waals surface area contributed by atoms with Crippen molar-refractivity contribution in [1.29, 1.82) is 0 Å². The van der Waals surface area contributed by atoms with Gasteiger partial charge in [0.1, 0.15) is 11.0 Å². The van der Waals surface area contributed by atoms with Crippen LogP contribution in [0.3, 0.4) is 0 Å². The third kappa shape index (κ3) is 2.26. The van der Waals surface area contributed by atoms with Crippen LogP contribution in [-0.2, 0) is 0 Å². The molecule has 0 N–H and O–H groups in total. The zero-order valence-electron chi connectivity index (χ0n) is 10.1. The second-order valence-corrected chi connectivity index (χ2v) is 4.51. The molecule has 0 saturated carbocycles. The van der Waals surface area contributed by atoms with Gasteiger partial charge in [0.15, 0.2) is 0 Å². The Morgan fingerprint density at radius 2 is 2.00 bits per heavy atom. The zero-order chi connectivity index (χ0) is 13.9. The van der Waals surface area contributed by atoms with Crippen molar-refractivity contribution in [3.8, 4) is 0 Å². The molecular formula is C13H8N4O2S. The third-order valence-corrected chi connectivity index (χ3v) is 3.28. The summed E-state index contributed by atoms with van der Waals surface area (Å²) in [5, 5.41) is 10.9. The molecule has 7 heteroatoms. The summed E-state index contributed by atoms with van der Waals surface area (Å²) in [4.78, 5) is 14.8. The lowest BCUT2D eigenvalue weighted by Crippen LogP contribution is -1.93. The number of aromatic nitrogens is 2. The van der Waals surface area contributed by atoms with Crippen LogP contribution < -0.4 is 0 Å². The number of aliphatic imine (C=N–C) groups is 1. The van der Waals surface area contributed by atoms with Crippen LogP contribution in [0.4, 0.5) is 11.4 Å². The van der Waals surface area contributed by atoms with Crippen molar-refractivity contribution in [3.05, 3.63) is 58.1 Å². The van der Waals surface area contributed by atoms with Crippen molar-refractivity contribution >= 4 is 40.4 Å². The molecule has 0 saturated heterocycles. The van der Waals surface area contributed by atoms with E-state index in [0.717, 1.165) is 17.2 Å². The fraction of sp³-hybridized carbons (Fsp3) is 0. The summed E-state index contributed by atoms with van der Waals surface area (Å²) in [7, 11) is 0. The molecule has 0 unspecified atom stereocenters. The molecule has 0 fully saturated rings. The Balaban J connectivity index is 2.03. The average molecular weight is 284 g/mol. The van der Waals surface area contributed by atoms with Crippen LogP contribution in [0.15, 0.2) is 47.5 Å². The first-order valence-corrected chi connectivity index (χ1v) is 6.47. The summed E-state index contributed by atoms with van der Waals surface area (Å²) in [6.45, 7) is 0. The molecule has 0 spiro atoms. The highest BCUT2D eigenvalue weighted by molar-refractivity contribution is 7.00. The van der Waals surface area contributed by atoms with E-state index in [0.29, 0.717) is 16.8 Å². The number of para-hydroxylation sites is 1. The lowest BCUT2D eigenvalue weighted by molar-refractivity contribution is -0.385. The van der Waals surface area contributed by atoms with Gasteiger partial charge in [-0.3, -0.25) is 15.1 Å². The molecule has 0 aliphatic rings. The Bertz CT molecular complexity index is 813. The molecule has 98 valence electrons. The second-order valence-electron chi connectivity index (χ2n) is 3.98. The zero-order valence-corrected chi connectivity index (χ0v) is 10.9. The molecule has 3 aromatic rings. The summed E-state index contributed by atoms with van der Waals surface area (Å²) in [5.41, 5.74) is 2.60. The normalized spacial score (nSPS) is 11.2. The van der Waals surface area contributed by atoms with Crippen molar-refractivity contribution < 1.29 is 4.92 Å². The summed E-state index contributed by atoms with van der Waals surface area (Å²) >= 11 is 1.11. The number of nitro benzene ring substituents is 1. The largest absolute Gasteiger partial charge is 0.278 e. The maximum Gasteiger partial charge on any atom is 0.278 e. The van der Waals surface area contributed by atoms with Crippen LogP contribution in [0.2, 0.25) is 0 Å². The highest BCUT2D eigenvalue weighted by Gasteiger charge is 2.10. The second kappa shape index (κ2) is 5.14. The smallest absolute Gasteiger partial charge is 0.258 e. The van der Waals surface area contributed by atoms with Crippen molar-refractivity contribution in [2.24, 2.45) is 4.99 Å². The van der Waals surface area contributed by atoms with Gasteiger partial charge in [-0.25, -0.2) is 0 Å². The number of rotatable bonds is 3. The topological polar surface area (TPSA) is 81.3 Å². The van der Waals surface area contributed by atoms with E-state index >= 15 is 0 Å². The molecule has 0 atom stereocenters. The average Bonchev–Trinajstić information content (AvgIpc) is 2.94. The predicted molar refractivity (Wildman–Crippen MR) is 77.8 cm³/mol. The van der Waals surface area contributed by atoms with Gasteiger partial charge in [0, 0.05) is 12.3 Å². The van der Waals surface area contributed by atoms with Gasteiger partial charge in [0.05, 0.1) is 27.9 Å². The van der Waals surface area contributed by atoms with Crippen LogP contribution in [0.25, 0.3) is 11.0 Å². The number of fused-ring (bicyclic) bond motifs is 1. The third-order valence-electron chi connectivity index (χ3n) is 2.74. The number of hydrogen-bond donors (Lipinski definition) is 0. The maximum atomic E-state index is 10.9. The molecule has 6 nitrogen and oxygen atoms in total. The standard InChI is InChI=1S/C13H8N4O2S/c18-17(19)12-7-2-1-4-9(12)8-14-10-5-3-6-11-13(10)16-20-15-11/h1-8H. The van der Waals surface area contributed by atoms with Gasteiger partial charge >= 0.3 is 0 Å². The lowest BCUT2D eigenvalue weighted by Gasteiger charge is -1.97. The Kier molecular flexibility index (Phi) is 3.18. The highest BCUT2D eigenvalue weighted by Crippen LogP contribution is 2.24. The monoisotopic (exact) mass is 284 g/mol. The van der Waals surface area contributed by atoms with Crippen molar-refractivity contribution in [3.63, 3.8) is 0 Å².